The molecule has 0 spiro atoms. The van der Waals surface area contributed by atoms with Crippen molar-refractivity contribution in [1.82, 2.24) is 4.98 Å². The van der Waals surface area contributed by atoms with Crippen LogP contribution in [-0.4, -0.2) is 35.8 Å². The third-order valence-corrected chi connectivity index (χ3v) is 2.36. The van der Waals surface area contributed by atoms with Crippen LogP contribution in [0.3, 0.4) is 0 Å². The molecule has 1 aromatic rings. The third kappa shape index (κ3) is 3.60. The Morgan fingerprint density at radius 3 is 3.00 bits per heavy atom. The summed E-state index contributed by atoms with van der Waals surface area (Å²) in [5, 5.41) is 12.0. The predicted molar refractivity (Wildman–Crippen MR) is 65.2 cm³/mol. The molecule has 1 unspecified atom stereocenters. The molecule has 1 atom stereocenters. The van der Waals surface area contributed by atoms with Gasteiger partial charge >= 0.3 is 5.97 Å². The number of carbonyl (C=O) groups is 1. The number of nitrogens with one attached hydrogen (secondary N) is 1. The van der Waals surface area contributed by atoms with E-state index in [-0.39, 0.29) is 17.3 Å². The molecule has 0 radical (unpaired) electrons. The fourth-order valence-corrected chi connectivity index (χ4v) is 1.37. The van der Waals surface area contributed by atoms with E-state index >= 15 is 0 Å². The van der Waals surface area contributed by atoms with Crippen LogP contribution in [0.25, 0.3) is 0 Å². The van der Waals surface area contributed by atoms with Crippen molar-refractivity contribution in [3.8, 4) is 0 Å². The van der Waals surface area contributed by atoms with Gasteiger partial charge in [0.2, 0.25) is 0 Å². The summed E-state index contributed by atoms with van der Waals surface area (Å²) >= 11 is 0. The summed E-state index contributed by atoms with van der Waals surface area (Å²) in [5.74, 6) is -0.661. The summed E-state index contributed by atoms with van der Waals surface area (Å²) in [7, 11) is 1.63. The molecule has 6 nitrogen and oxygen atoms in total. The molecule has 0 saturated heterocycles. The number of hydrogen-bond acceptors (Lipinski definition) is 5. The van der Waals surface area contributed by atoms with Crippen LogP contribution in [0, 0.1) is 0 Å². The van der Waals surface area contributed by atoms with Crippen LogP contribution >= 0.6 is 0 Å². The van der Waals surface area contributed by atoms with Gasteiger partial charge in [-0.05, 0) is 19.4 Å². The molecular weight excluding hydrogens is 222 g/mol. The third-order valence-electron chi connectivity index (χ3n) is 2.36. The van der Waals surface area contributed by atoms with Crippen LogP contribution in [0.2, 0.25) is 0 Å². The van der Waals surface area contributed by atoms with Crippen molar-refractivity contribution in [2.24, 2.45) is 0 Å². The highest BCUT2D eigenvalue weighted by Gasteiger charge is 2.13. The summed E-state index contributed by atoms with van der Waals surface area (Å²) in [5.41, 5.74) is 5.94. The van der Waals surface area contributed by atoms with E-state index in [1.54, 1.807) is 7.11 Å². The fourth-order valence-electron chi connectivity index (χ4n) is 1.37. The lowest BCUT2D eigenvalue weighted by Crippen LogP contribution is -2.19. The van der Waals surface area contributed by atoms with Gasteiger partial charge in [0.15, 0.2) is 0 Å². The van der Waals surface area contributed by atoms with E-state index in [9.17, 15) is 4.79 Å². The molecule has 0 fully saturated rings. The van der Waals surface area contributed by atoms with E-state index < -0.39 is 5.97 Å². The molecule has 0 aliphatic carbocycles. The first-order chi connectivity index (χ1) is 8.06. The van der Waals surface area contributed by atoms with Crippen molar-refractivity contribution >= 4 is 17.5 Å². The zero-order chi connectivity index (χ0) is 12.8. The van der Waals surface area contributed by atoms with Gasteiger partial charge in [0.05, 0.1) is 11.3 Å². The number of aromatic carboxylic acids is 1. The Morgan fingerprint density at radius 2 is 2.41 bits per heavy atom. The number of pyridine rings is 1. The number of nitrogens with two attached hydrogens (primary N) is 1. The summed E-state index contributed by atoms with van der Waals surface area (Å²) in [6.45, 7) is 2.57. The van der Waals surface area contributed by atoms with Gasteiger partial charge in [0, 0.05) is 26.0 Å². The lowest BCUT2D eigenvalue weighted by molar-refractivity contribution is 0.0698. The second-order valence-corrected chi connectivity index (χ2v) is 3.75. The first kappa shape index (κ1) is 13.2. The zero-order valence-corrected chi connectivity index (χ0v) is 9.93. The predicted octanol–water partition coefficient (Wildman–Crippen LogP) is 1.20. The quantitative estimate of drug-likeness (QED) is 0.690. The topological polar surface area (TPSA) is 97.5 Å². The van der Waals surface area contributed by atoms with Crippen molar-refractivity contribution < 1.29 is 14.6 Å². The van der Waals surface area contributed by atoms with Crippen LogP contribution in [0.1, 0.15) is 23.7 Å². The van der Waals surface area contributed by atoms with Crippen molar-refractivity contribution in [1.29, 1.82) is 0 Å². The van der Waals surface area contributed by atoms with Gasteiger partial charge in [-0.3, -0.25) is 0 Å². The SMILES string of the molecule is COCCC(C)Nc1nccc(C(=O)O)c1N. The first-order valence-electron chi connectivity index (χ1n) is 5.29. The monoisotopic (exact) mass is 239 g/mol. The minimum absolute atomic E-state index is 0.0569. The van der Waals surface area contributed by atoms with E-state index in [0.717, 1.165) is 6.42 Å². The molecular formula is C11H17N3O3. The molecule has 1 rings (SSSR count). The number of methoxy groups -OCH3 is 1. The van der Waals surface area contributed by atoms with Gasteiger partial charge in [-0.25, -0.2) is 9.78 Å². The van der Waals surface area contributed by atoms with Crippen LogP contribution < -0.4 is 11.1 Å². The average Bonchev–Trinajstić information content (AvgIpc) is 2.28. The van der Waals surface area contributed by atoms with Gasteiger partial charge < -0.3 is 20.9 Å². The van der Waals surface area contributed by atoms with E-state index in [1.165, 1.54) is 12.3 Å². The van der Waals surface area contributed by atoms with Gasteiger partial charge in [-0.2, -0.15) is 0 Å². The molecule has 0 aliphatic heterocycles. The molecule has 1 aromatic heterocycles. The number of nitrogens with zero attached hydrogens (tertiary/aromatic N) is 1. The fraction of sp³-hybridized carbons (Fsp3) is 0.455. The molecule has 0 saturated carbocycles. The van der Waals surface area contributed by atoms with Crippen molar-refractivity contribution in [3.63, 3.8) is 0 Å². The highest BCUT2D eigenvalue weighted by molar-refractivity contribution is 5.96. The Balaban J connectivity index is 2.77. The van der Waals surface area contributed by atoms with Gasteiger partial charge in [-0.1, -0.05) is 0 Å². The molecule has 0 amide bonds. The summed E-state index contributed by atoms with van der Waals surface area (Å²) in [6, 6.07) is 1.48. The molecule has 0 aromatic carbocycles. The van der Waals surface area contributed by atoms with Crippen molar-refractivity contribution in [2.45, 2.75) is 19.4 Å². The molecule has 17 heavy (non-hydrogen) atoms. The highest BCUT2D eigenvalue weighted by atomic mass is 16.5. The second kappa shape index (κ2) is 6.05. The Hall–Kier alpha value is -1.82. The Labute approximate surface area is 99.8 Å². The Morgan fingerprint density at radius 1 is 1.71 bits per heavy atom. The second-order valence-electron chi connectivity index (χ2n) is 3.75. The summed E-state index contributed by atoms with van der Waals surface area (Å²) < 4.78 is 4.96. The summed E-state index contributed by atoms with van der Waals surface area (Å²) in [4.78, 5) is 14.9. The molecule has 94 valence electrons. The molecule has 6 heteroatoms. The van der Waals surface area contributed by atoms with Crippen LogP contribution in [0.15, 0.2) is 12.3 Å². The maximum absolute atomic E-state index is 10.9. The summed E-state index contributed by atoms with van der Waals surface area (Å²) in [6.07, 6.45) is 2.21. The van der Waals surface area contributed by atoms with Gasteiger partial charge in [0.1, 0.15) is 5.82 Å². The van der Waals surface area contributed by atoms with E-state index in [0.29, 0.717) is 12.4 Å². The highest BCUT2D eigenvalue weighted by Crippen LogP contribution is 2.20. The maximum Gasteiger partial charge on any atom is 0.337 e. The number of anilines is 2. The number of aromatic nitrogens is 1. The minimum Gasteiger partial charge on any atom is -0.478 e. The zero-order valence-electron chi connectivity index (χ0n) is 9.93. The lowest BCUT2D eigenvalue weighted by atomic mass is 10.2. The van der Waals surface area contributed by atoms with E-state index in [1.807, 2.05) is 6.92 Å². The van der Waals surface area contributed by atoms with Gasteiger partial charge in [-0.15, -0.1) is 0 Å². The number of carboxylic acid groups (broad SMARTS) is 1. The van der Waals surface area contributed by atoms with Gasteiger partial charge in [0.25, 0.3) is 0 Å². The number of carboxylic acids is 1. The Bertz CT molecular complexity index is 396. The molecule has 4 N–H and O–H groups in total. The molecule has 0 bridgehead atoms. The smallest absolute Gasteiger partial charge is 0.337 e. The number of hydrogen-bond donors (Lipinski definition) is 3. The maximum atomic E-state index is 10.9. The standard InChI is InChI=1S/C11H17N3O3/c1-7(4-6-17-2)14-10-9(12)8(11(15)16)3-5-13-10/h3,5,7H,4,6,12H2,1-2H3,(H,13,14)(H,15,16). The number of nitrogen functional groups attached to an aromatic ring is 1. The molecule has 1 heterocycles. The Kier molecular flexibility index (Phi) is 4.71. The van der Waals surface area contributed by atoms with Crippen LogP contribution in [-0.2, 0) is 4.74 Å². The van der Waals surface area contributed by atoms with Crippen LogP contribution in [0.4, 0.5) is 11.5 Å². The van der Waals surface area contributed by atoms with E-state index in [4.69, 9.17) is 15.6 Å². The minimum atomic E-state index is -1.06. The van der Waals surface area contributed by atoms with Crippen molar-refractivity contribution in [3.05, 3.63) is 17.8 Å². The largest absolute Gasteiger partial charge is 0.478 e. The normalized spacial score (nSPS) is 12.1. The lowest BCUT2D eigenvalue weighted by Gasteiger charge is -2.16. The average molecular weight is 239 g/mol. The number of ether oxygens (including phenoxy) is 1. The number of rotatable bonds is 6. The van der Waals surface area contributed by atoms with Crippen LogP contribution in [0.5, 0.6) is 0 Å². The van der Waals surface area contributed by atoms with E-state index in [2.05, 4.69) is 10.3 Å². The molecule has 0 aliphatic rings. The first-order valence-corrected chi connectivity index (χ1v) is 5.29. The van der Waals surface area contributed by atoms with Crippen molar-refractivity contribution in [2.75, 3.05) is 24.8 Å².